The maximum Gasteiger partial charge on any atom is 0.468 e. The lowest BCUT2D eigenvalue weighted by molar-refractivity contribution is 0.162. The van der Waals surface area contributed by atoms with E-state index in [-0.39, 0.29) is 18.2 Å². The van der Waals surface area contributed by atoms with Gasteiger partial charge >= 0.3 is 18.2 Å². The predicted molar refractivity (Wildman–Crippen MR) is 61.2 cm³/mol. The zero-order valence-corrected chi connectivity index (χ0v) is 11.7. The Bertz CT molecular complexity index is 56.5. The Balaban J connectivity index is 0. The molecular weight excluding hydrogens is 228 g/mol. The summed E-state index contributed by atoms with van der Waals surface area (Å²) in [6.45, 7) is 7.91. The summed E-state index contributed by atoms with van der Waals surface area (Å²) in [4.78, 5) is 0. The van der Waals surface area contributed by atoms with Crippen LogP contribution >= 0.6 is 12.9 Å². The lowest BCUT2D eigenvalue weighted by Gasteiger charge is -1.88. The van der Waals surface area contributed by atoms with E-state index in [1.807, 2.05) is 13.8 Å². The summed E-state index contributed by atoms with van der Waals surface area (Å²) < 4.78 is 6.31. The van der Waals surface area contributed by atoms with Gasteiger partial charge in [0.1, 0.15) is 0 Å². The molecule has 0 aromatic heterocycles. The first-order chi connectivity index (χ1) is 5.83. The molecule has 0 atom stereocenters. The van der Waals surface area contributed by atoms with Gasteiger partial charge in [-0.1, -0.05) is 26.2 Å². The van der Waals surface area contributed by atoms with Crippen LogP contribution in [0.15, 0.2) is 0 Å². The molecule has 0 aliphatic carbocycles. The van der Waals surface area contributed by atoms with Gasteiger partial charge in [-0.05, 0) is 13.8 Å². The van der Waals surface area contributed by atoms with Crippen molar-refractivity contribution >= 4 is 31.1 Å². The average Bonchev–Trinajstić information content (AvgIpc) is 2.08. The maximum atomic E-state index is 4.83. The van der Waals surface area contributed by atoms with E-state index in [9.17, 15) is 0 Å². The molecule has 0 radical (unpaired) electrons. The Morgan fingerprint density at radius 1 is 1.08 bits per heavy atom. The minimum atomic E-state index is 0.206. The summed E-state index contributed by atoms with van der Waals surface area (Å²) in [6.07, 6.45) is 4.24. The van der Waals surface area contributed by atoms with Gasteiger partial charge in [-0.2, -0.15) is 0 Å². The Morgan fingerprint density at radius 3 is 1.92 bits per heavy atom. The summed E-state index contributed by atoms with van der Waals surface area (Å²) in [5, 5.41) is 0. The van der Waals surface area contributed by atoms with Crippen LogP contribution in [0.25, 0.3) is 0 Å². The second kappa shape index (κ2) is 18.1. The van der Waals surface area contributed by atoms with Gasteiger partial charge in [0.15, 0.2) is 0 Å². The van der Waals surface area contributed by atoms with Crippen molar-refractivity contribution in [1.29, 1.82) is 0 Å². The molecule has 0 aromatic carbocycles. The average molecular weight is 249 g/mol. The largest absolute Gasteiger partial charge is 0.468 e. The topological polar surface area (TPSA) is 9.23 Å². The number of hydrogen-bond acceptors (Lipinski definition) is 1. The minimum absolute atomic E-state index is 0.206. The molecule has 0 aliphatic heterocycles. The molecule has 0 saturated heterocycles. The second-order valence-electron chi connectivity index (χ2n) is 2.53. The van der Waals surface area contributed by atoms with Crippen LogP contribution < -0.4 is 0 Å². The summed E-state index contributed by atoms with van der Waals surface area (Å²) in [5.74, 6) is 0. The molecule has 0 spiro atoms. The molecule has 0 unspecified atom stereocenters. The van der Waals surface area contributed by atoms with Crippen LogP contribution in [0, 0.1) is 0 Å². The van der Waals surface area contributed by atoms with Crippen molar-refractivity contribution in [2.75, 3.05) is 13.2 Å². The fourth-order valence-electron chi connectivity index (χ4n) is 0.725. The maximum absolute atomic E-state index is 4.83. The molecule has 0 rings (SSSR count). The molecule has 12 heavy (non-hydrogen) atoms. The Morgan fingerprint density at radius 2 is 1.67 bits per heavy atom. The number of hydrogen-bond donors (Lipinski definition) is 0. The molecular formula is C9H21BrMgO. The Kier molecular flexibility index (Phi) is 23.6. The Hall–Kier alpha value is 1.21. The van der Waals surface area contributed by atoms with Gasteiger partial charge in [0.2, 0.25) is 0 Å². The van der Waals surface area contributed by atoms with Crippen molar-refractivity contribution in [2.45, 2.75) is 44.6 Å². The van der Waals surface area contributed by atoms with Gasteiger partial charge in [-0.3, -0.25) is 0 Å². The van der Waals surface area contributed by atoms with Crippen LogP contribution in [0.4, 0.5) is 0 Å². The highest BCUT2D eigenvalue weighted by atomic mass is 79.9. The molecule has 3 heteroatoms. The first-order valence-corrected chi connectivity index (χ1v) is 9.86. The number of ether oxygens (including phenoxy) is 1. The van der Waals surface area contributed by atoms with Gasteiger partial charge in [-0.15, -0.1) is 4.55 Å². The van der Waals surface area contributed by atoms with E-state index < -0.39 is 0 Å². The predicted octanol–water partition coefficient (Wildman–Crippen LogP) is 3.65. The summed E-state index contributed by atoms with van der Waals surface area (Å²) in [7, 11) is 0. The molecule has 72 valence electrons. The quantitative estimate of drug-likeness (QED) is 0.516. The van der Waals surface area contributed by atoms with E-state index in [0.29, 0.717) is 0 Å². The fourth-order valence-corrected chi connectivity index (χ4v) is 2.46. The molecule has 0 fully saturated rings. The summed E-state index contributed by atoms with van der Waals surface area (Å²) in [6, 6.07) is 0. The van der Waals surface area contributed by atoms with Crippen LogP contribution in [0.5, 0.6) is 0 Å². The zero-order valence-electron chi connectivity index (χ0n) is 8.74. The smallest absolute Gasteiger partial charge is 0.382 e. The SMILES string of the molecule is CCCC[CH2][Mg][Br].CCOCC. The first-order valence-electron chi connectivity index (χ1n) is 4.97. The molecule has 0 bridgehead atoms. The summed E-state index contributed by atoms with van der Waals surface area (Å²) in [5.41, 5.74) is 0. The fraction of sp³-hybridized carbons (Fsp3) is 1.00. The first kappa shape index (κ1) is 15.7. The number of rotatable bonds is 6. The van der Waals surface area contributed by atoms with Crippen molar-refractivity contribution in [3.8, 4) is 0 Å². The molecule has 0 aliphatic rings. The van der Waals surface area contributed by atoms with Crippen LogP contribution in [0.3, 0.4) is 0 Å². The van der Waals surface area contributed by atoms with E-state index in [4.69, 9.17) is 4.74 Å². The van der Waals surface area contributed by atoms with Crippen LogP contribution in [0.2, 0.25) is 4.55 Å². The highest BCUT2D eigenvalue weighted by molar-refractivity contribution is 9.23. The second-order valence-corrected chi connectivity index (χ2v) is 6.00. The van der Waals surface area contributed by atoms with Crippen LogP contribution in [-0.2, 0) is 4.74 Å². The molecule has 0 aromatic rings. The van der Waals surface area contributed by atoms with Gasteiger partial charge in [-0.25, -0.2) is 0 Å². The van der Waals surface area contributed by atoms with E-state index in [0.717, 1.165) is 13.2 Å². The van der Waals surface area contributed by atoms with E-state index in [1.54, 1.807) is 0 Å². The third kappa shape index (κ3) is 22.5. The zero-order chi connectivity index (χ0) is 9.66. The lowest BCUT2D eigenvalue weighted by Crippen LogP contribution is -1.84. The van der Waals surface area contributed by atoms with Crippen molar-refractivity contribution in [3.05, 3.63) is 0 Å². The number of halogens is 1. The monoisotopic (exact) mass is 248 g/mol. The van der Waals surface area contributed by atoms with Gasteiger partial charge in [0, 0.05) is 13.2 Å². The van der Waals surface area contributed by atoms with Gasteiger partial charge in [0.05, 0.1) is 0 Å². The normalized spacial score (nSPS) is 8.33. The standard InChI is InChI=1S/C5H11.C4H10O.BrH.Mg/c2*1-3-5-4-2;;/h1,3-5H2,2H3;3-4H2,1-2H3;1H;/q;;;+1/p-1. The van der Waals surface area contributed by atoms with Crippen molar-refractivity contribution < 1.29 is 4.74 Å². The minimum Gasteiger partial charge on any atom is -0.382 e. The number of unbranched alkanes of at least 4 members (excludes halogenated alkanes) is 2. The van der Waals surface area contributed by atoms with Crippen molar-refractivity contribution in [3.63, 3.8) is 0 Å². The van der Waals surface area contributed by atoms with Crippen LogP contribution in [0.1, 0.15) is 40.0 Å². The van der Waals surface area contributed by atoms with E-state index >= 15 is 0 Å². The highest BCUT2D eigenvalue weighted by Crippen LogP contribution is 1.99. The summed E-state index contributed by atoms with van der Waals surface area (Å²) >= 11 is 3.72. The third-order valence-corrected chi connectivity index (χ3v) is 3.84. The lowest BCUT2D eigenvalue weighted by atomic mass is 10.3. The van der Waals surface area contributed by atoms with Gasteiger partial charge in [0.25, 0.3) is 0 Å². The van der Waals surface area contributed by atoms with Gasteiger partial charge < -0.3 is 17.6 Å². The van der Waals surface area contributed by atoms with E-state index in [2.05, 4.69) is 19.8 Å². The third-order valence-electron chi connectivity index (χ3n) is 1.40. The van der Waals surface area contributed by atoms with E-state index in [1.165, 1.54) is 23.8 Å². The highest BCUT2D eigenvalue weighted by Gasteiger charge is 1.86. The van der Waals surface area contributed by atoms with Crippen molar-refractivity contribution in [2.24, 2.45) is 0 Å². The molecule has 0 saturated carbocycles. The molecule has 1 nitrogen and oxygen atoms in total. The Labute approximate surface area is 93.2 Å². The molecule has 0 amide bonds. The van der Waals surface area contributed by atoms with Crippen LogP contribution in [-0.4, -0.2) is 31.4 Å². The molecule has 0 heterocycles. The van der Waals surface area contributed by atoms with Crippen molar-refractivity contribution in [1.82, 2.24) is 0 Å². The molecule has 0 N–H and O–H groups in total.